The van der Waals surface area contributed by atoms with Gasteiger partial charge in [-0.2, -0.15) is 0 Å². The molecule has 0 nitrogen and oxygen atoms in total. The zero-order chi connectivity index (χ0) is 9.54. The van der Waals surface area contributed by atoms with Crippen molar-refractivity contribution >= 4 is 15.9 Å². The predicted octanol–water partition coefficient (Wildman–Crippen LogP) is 4.17. The Morgan fingerprint density at radius 3 is 2.36 bits per heavy atom. The van der Waals surface area contributed by atoms with E-state index in [0.29, 0.717) is 4.83 Å². The summed E-state index contributed by atoms with van der Waals surface area (Å²) in [5.41, 5.74) is 1.46. The van der Waals surface area contributed by atoms with Crippen LogP contribution in [-0.4, -0.2) is 0 Å². The fourth-order valence-corrected chi connectivity index (χ4v) is 4.26. The molecule has 0 heterocycles. The maximum Gasteiger partial charge on any atom is 0.0428 e. The molecule has 0 bridgehead atoms. The third-order valence-corrected chi connectivity index (χ3v) is 5.07. The number of rotatable bonds is 2. The van der Waals surface area contributed by atoms with Gasteiger partial charge in [0.25, 0.3) is 0 Å². The highest BCUT2D eigenvalue weighted by atomic mass is 79.9. The number of fused-ring (bicyclic) bond motifs is 1. The van der Waals surface area contributed by atoms with Crippen LogP contribution in [0.5, 0.6) is 0 Å². The summed E-state index contributed by atoms with van der Waals surface area (Å²) in [7, 11) is 0. The molecule has 0 amide bonds. The Hall–Kier alpha value is -0.300. The van der Waals surface area contributed by atoms with E-state index < -0.39 is 0 Å². The Balaban J connectivity index is 1.75. The van der Waals surface area contributed by atoms with Gasteiger partial charge in [0, 0.05) is 4.83 Å². The van der Waals surface area contributed by atoms with E-state index in [1.54, 1.807) is 0 Å². The quantitative estimate of drug-likeness (QED) is 0.692. The lowest BCUT2D eigenvalue weighted by Gasteiger charge is -2.11. The van der Waals surface area contributed by atoms with Gasteiger partial charge in [-0.3, -0.25) is 0 Å². The zero-order valence-electron chi connectivity index (χ0n) is 8.20. The highest BCUT2D eigenvalue weighted by Crippen LogP contribution is 2.64. The summed E-state index contributed by atoms with van der Waals surface area (Å²) in [6.07, 6.45) is 4.43. The van der Waals surface area contributed by atoms with Crippen molar-refractivity contribution in [3.63, 3.8) is 0 Å². The number of hydrogen-bond acceptors (Lipinski definition) is 0. The minimum Gasteiger partial charge on any atom is -0.0836 e. The van der Waals surface area contributed by atoms with Crippen molar-refractivity contribution in [2.24, 2.45) is 17.8 Å². The maximum atomic E-state index is 3.87. The van der Waals surface area contributed by atoms with Gasteiger partial charge in [0.2, 0.25) is 0 Å². The van der Waals surface area contributed by atoms with Crippen LogP contribution >= 0.6 is 15.9 Å². The van der Waals surface area contributed by atoms with E-state index in [1.807, 2.05) is 0 Å². The van der Waals surface area contributed by atoms with Gasteiger partial charge in [0.1, 0.15) is 0 Å². The van der Waals surface area contributed by atoms with Crippen molar-refractivity contribution in [2.45, 2.75) is 24.1 Å². The number of halogens is 1. The van der Waals surface area contributed by atoms with Gasteiger partial charge < -0.3 is 0 Å². The van der Waals surface area contributed by atoms with Gasteiger partial charge in [-0.15, -0.1) is 0 Å². The number of hydrogen-bond donors (Lipinski definition) is 0. The van der Waals surface area contributed by atoms with Gasteiger partial charge in [-0.25, -0.2) is 0 Å². The molecule has 2 aliphatic rings. The molecule has 0 aliphatic heterocycles. The van der Waals surface area contributed by atoms with Gasteiger partial charge in [-0.05, 0) is 36.2 Å². The number of benzene rings is 1. The van der Waals surface area contributed by atoms with Crippen LogP contribution in [0, 0.1) is 17.8 Å². The fourth-order valence-electron chi connectivity index (χ4n) is 3.17. The molecule has 2 fully saturated rings. The van der Waals surface area contributed by atoms with E-state index in [9.17, 15) is 0 Å². The molecule has 2 saturated carbocycles. The minimum atomic E-state index is 0.610. The maximum absolute atomic E-state index is 3.87. The summed E-state index contributed by atoms with van der Waals surface area (Å²) >= 11 is 3.87. The lowest BCUT2D eigenvalue weighted by molar-refractivity contribution is 0.583. The van der Waals surface area contributed by atoms with Crippen LogP contribution in [0.4, 0.5) is 0 Å². The molecular weight excluding hydrogens is 236 g/mol. The number of alkyl halides is 1. The van der Waals surface area contributed by atoms with Crippen molar-refractivity contribution < 1.29 is 0 Å². The molecule has 0 spiro atoms. The molecule has 1 aromatic rings. The van der Waals surface area contributed by atoms with Gasteiger partial charge >= 0.3 is 0 Å². The molecule has 0 saturated heterocycles. The highest BCUT2D eigenvalue weighted by Gasteiger charge is 2.55. The van der Waals surface area contributed by atoms with E-state index in [0.717, 1.165) is 17.8 Å². The van der Waals surface area contributed by atoms with Crippen LogP contribution in [0.3, 0.4) is 0 Å². The molecule has 14 heavy (non-hydrogen) atoms. The average molecular weight is 251 g/mol. The molecule has 3 atom stereocenters. The molecule has 0 radical (unpaired) electrons. The summed E-state index contributed by atoms with van der Waals surface area (Å²) in [4.78, 5) is 0.610. The van der Waals surface area contributed by atoms with Crippen LogP contribution in [-0.2, 0) is 0 Å². The monoisotopic (exact) mass is 250 g/mol. The van der Waals surface area contributed by atoms with E-state index in [1.165, 1.54) is 24.8 Å². The fraction of sp³-hybridized carbons (Fsp3) is 0.538. The lowest BCUT2D eigenvalue weighted by atomic mass is 10.0. The van der Waals surface area contributed by atoms with Crippen LogP contribution in [0.2, 0.25) is 0 Å². The average Bonchev–Trinajstić information content (AvgIpc) is 2.72. The summed E-state index contributed by atoms with van der Waals surface area (Å²) in [5, 5.41) is 0. The first-order chi connectivity index (χ1) is 6.88. The Morgan fingerprint density at radius 2 is 1.71 bits per heavy atom. The Labute approximate surface area is 93.8 Å². The Morgan fingerprint density at radius 1 is 1.07 bits per heavy atom. The molecular formula is C13H15Br. The first kappa shape index (κ1) is 8.96. The molecule has 74 valence electrons. The molecule has 1 aromatic carbocycles. The van der Waals surface area contributed by atoms with Gasteiger partial charge in [0.15, 0.2) is 0 Å². The van der Waals surface area contributed by atoms with E-state index in [-0.39, 0.29) is 0 Å². The third kappa shape index (κ3) is 1.33. The van der Waals surface area contributed by atoms with Crippen molar-refractivity contribution in [1.82, 2.24) is 0 Å². The molecule has 2 aliphatic carbocycles. The Kier molecular flexibility index (Phi) is 2.16. The molecule has 1 heteroatoms. The minimum absolute atomic E-state index is 0.610. The molecule has 0 N–H and O–H groups in total. The second kappa shape index (κ2) is 3.37. The standard InChI is InChI=1S/C13H15Br/c14-13(9-5-2-1-3-6-9)12-10-7-4-8-11(10)12/h1-3,5-6,10-13H,4,7-8H2. The summed E-state index contributed by atoms with van der Waals surface area (Å²) in [5.74, 6) is 3.02. The zero-order valence-corrected chi connectivity index (χ0v) is 9.78. The summed E-state index contributed by atoms with van der Waals surface area (Å²) in [6, 6.07) is 10.9. The summed E-state index contributed by atoms with van der Waals surface area (Å²) in [6.45, 7) is 0. The van der Waals surface area contributed by atoms with E-state index in [2.05, 4.69) is 46.3 Å². The largest absolute Gasteiger partial charge is 0.0836 e. The van der Waals surface area contributed by atoms with Gasteiger partial charge in [0.05, 0.1) is 0 Å². The first-order valence-corrected chi connectivity index (χ1v) is 6.48. The summed E-state index contributed by atoms with van der Waals surface area (Å²) < 4.78 is 0. The van der Waals surface area contributed by atoms with Crippen LogP contribution < -0.4 is 0 Å². The smallest absolute Gasteiger partial charge is 0.0428 e. The van der Waals surface area contributed by atoms with Crippen LogP contribution in [0.15, 0.2) is 30.3 Å². The van der Waals surface area contributed by atoms with E-state index in [4.69, 9.17) is 0 Å². The second-order valence-corrected chi connectivity index (χ2v) is 5.63. The van der Waals surface area contributed by atoms with Crippen LogP contribution in [0.25, 0.3) is 0 Å². The van der Waals surface area contributed by atoms with E-state index >= 15 is 0 Å². The SMILES string of the molecule is BrC(c1ccccc1)C1C2CCCC21. The second-order valence-electron chi connectivity index (χ2n) is 4.65. The third-order valence-electron chi connectivity index (χ3n) is 3.93. The lowest BCUT2D eigenvalue weighted by Crippen LogP contribution is -1.97. The Bertz CT molecular complexity index is 309. The first-order valence-electron chi connectivity index (χ1n) is 5.57. The van der Waals surface area contributed by atoms with Crippen molar-refractivity contribution in [1.29, 1.82) is 0 Å². The highest BCUT2D eigenvalue weighted by molar-refractivity contribution is 9.09. The molecule has 0 aromatic heterocycles. The predicted molar refractivity (Wildman–Crippen MR) is 62.4 cm³/mol. The molecule has 3 unspecified atom stereocenters. The molecule has 3 rings (SSSR count). The normalized spacial score (nSPS) is 36.5. The van der Waals surface area contributed by atoms with Crippen molar-refractivity contribution in [2.75, 3.05) is 0 Å². The topological polar surface area (TPSA) is 0 Å². The van der Waals surface area contributed by atoms with Crippen molar-refractivity contribution in [3.05, 3.63) is 35.9 Å². The van der Waals surface area contributed by atoms with Crippen molar-refractivity contribution in [3.8, 4) is 0 Å². The van der Waals surface area contributed by atoms with Crippen LogP contribution in [0.1, 0.15) is 29.7 Å². The van der Waals surface area contributed by atoms with Gasteiger partial charge in [-0.1, -0.05) is 52.7 Å².